The largest absolute Gasteiger partial charge is 0.391 e. The molecule has 3 atom stereocenters. The fourth-order valence-corrected chi connectivity index (χ4v) is 3.81. The lowest BCUT2D eigenvalue weighted by Crippen LogP contribution is -2.49. The van der Waals surface area contributed by atoms with Crippen molar-refractivity contribution in [1.29, 1.82) is 0 Å². The van der Waals surface area contributed by atoms with Gasteiger partial charge in [-0.1, -0.05) is 18.2 Å². The van der Waals surface area contributed by atoms with Crippen molar-refractivity contribution < 1.29 is 14.7 Å². The van der Waals surface area contributed by atoms with Crippen molar-refractivity contribution in [2.75, 3.05) is 0 Å². The van der Waals surface area contributed by atoms with E-state index in [0.717, 1.165) is 11.1 Å². The molecule has 1 aromatic carbocycles. The summed E-state index contributed by atoms with van der Waals surface area (Å²) < 4.78 is 0. The molecule has 1 aromatic heterocycles. The van der Waals surface area contributed by atoms with Crippen molar-refractivity contribution in [3.63, 3.8) is 0 Å². The maximum absolute atomic E-state index is 12.7. The molecule has 1 heterocycles. The molecule has 0 spiro atoms. The third kappa shape index (κ3) is 5.21. The topological polar surface area (TPSA) is 91.3 Å². The summed E-state index contributed by atoms with van der Waals surface area (Å²) in [5.41, 5.74) is 4.84. The number of hydrogen-bond acceptors (Lipinski definition) is 4. The Morgan fingerprint density at radius 2 is 1.97 bits per heavy atom. The van der Waals surface area contributed by atoms with Gasteiger partial charge in [-0.3, -0.25) is 14.6 Å². The van der Waals surface area contributed by atoms with E-state index in [1.54, 1.807) is 12.3 Å². The van der Waals surface area contributed by atoms with Crippen LogP contribution in [0.4, 0.5) is 0 Å². The number of nitrogens with zero attached hydrogens (tertiary/aromatic N) is 1. The van der Waals surface area contributed by atoms with E-state index in [4.69, 9.17) is 0 Å². The van der Waals surface area contributed by atoms with E-state index >= 15 is 0 Å². The van der Waals surface area contributed by atoms with E-state index in [1.165, 1.54) is 17.3 Å². The Balaban J connectivity index is 1.59. The van der Waals surface area contributed by atoms with Gasteiger partial charge in [0.2, 0.25) is 5.91 Å². The first kappa shape index (κ1) is 21.0. The maximum Gasteiger partial charge on any atom is 0.253 e. The predicted molar refractivity (Wildman–Crippen MR) is 111 cm³/mol. The zero-order valence-electron chi connectivity index (χ0n) is 17.2. The van der Waals surface area contributed by atoms with Crippen molar-refractivity contribution in [2.24, 2.45) is 5.92 Å². The molecule has 1 aliphatic carbocycles. The lowest BCUT2D eigenvalue weighted by molar-refractivity contribution is -0.127. The van der Waals surface area contributed by atoms with Crippen LogP contribution in [-0.4, -0.2) is 34.1 Å². The summed E-state index contributed by atoms with van der Waals surface area (Å²) in [4.78, 5) is 29.2. The number of hydrogen-bond donors (Lipinski definition) is 3. The summed E-state index contributed by atoms with van der Waals surface area (Å²) in [6.07, 6.45) is 4.05. The Bertz CT molecular complexity index is 897. The molecule has 1 saturated carbocycles. The zero-order valence-corrected chi connectivity index (χ0v) is 17.2. The van der Waals surface area contributed by atoms with Gasteiger partial charge in [-0.15, -0.1) is 0 Å². The van der Waals surface area contributed by atoms with Gasteiger partial charge in [0.25, 0.3) is 5.91 Å². The quantitative estimate of drug-likeness (QED) is 0.726. The molecular weight excluding hydrogens is 366 g/mol. The van der Waals surface area contributed by atoms with Gasteiger partial charge in [0.15, 0.2) is 0 Å². The first-order chi connectivity index (χ1) is 13.8. The van der Waals surface area contributed by atoms with Crippen LogP contribution in [0.5, 0.6) is 0 Å². The molecule has 29 heavy (non-hydrogen) atoms. The van der Waals surface area contributed by atoms with Crippen LogP contribution in [0.1, 0.15) is 51.9 Å². The van der Waals surface area contributed by atoms with Crippen LogP contribution >= 0.6 is 0 Å². The number of pyridine rings is 1. The van der Waals surface area contributed by atoms with Gasteiger partial charge in [0.1, 0.15) is 0 Å². The molecule has 1 aliphatic rings. The van der Waals surface area contributed by atoms with E-state index < -0.39 is 12.1 Å². The highest BCUT2D eigenvalue weighted by Gasteiger charge is 2.34. The molecule has 0 saturated heterocycles. The Morgan fingerprint density at radius 3 is 2.72 bits per heavy atom. The number of aliphatic hydroxyl groups excluding tert-OH is 1. The summed E-state index contributed by atoms with van der Waals surface area (Å²) in [6.45, 7) is 6.46. The number of aromatic nitrogens is 1. The number of amides is 2. The highest BCUT2D eigenvalue weighted by atomic mass is 16.3. The number of aryl methyl sites for hydroxylation is 2. The zero-order chi connectivity index (χ0) is 21.0. The van der Waals surface area contributed by atoms with E-state index in [-0.39, 0.29) is 17.7 Å². The van der Waals surface area contributed by atoms with Crippen molar-refractivity contribution >= 4 is 11.8 Å². The lowest BCUT2D eigenvalue weighted by Gasteiger charge is -2.33. The number of benzene rings is 1. The van der Waals surface area contributed by atoms with Crippen LogP contribution < -0.4 is 10.6 Å². The van der Waals surface area contributed by atoms with Crippen molar-refractivity contribution in [3.05, 3.63) is 64.5 Å². The average molecular weight is 396 g/mol. The molecule has 6 heteroatoms. The van der Waals surface area contributed by atoms with Crippen LogP contribution in [0.3, 0.4) is 0 Å². The molecular formula is C23H29N3O3. The Kier molecular flexibility index (Phi) is 6.64. The monoisotopic (exact) mass is 395 g/mol. The standard InChI is InChI=1S/C23H29N3O3/c1-14-9-19(12-24-11-14)23(29)26-20-10-17(7-8-21(20)27)22(28)25-13-18-6-4-5-15(2)16(18)3/h4-6,9,11-12,17,20-21,27H,7-8,10,13H2,1-3H3,(H,25,28)(H,26,29)/t17-,20+,21+/m0/s1. The fourth-order valence-electron chi connectivity index (χ4n) is 3.81. The Morgan fingerprint density at radius 1 is 1.17 bits per heavy atom. The van der Waals surface area contributed by atoms with Crippen molar-refractivity contribution in [1.82, 2.24) is 15.6 Å². The number of rotatable bonds is 5. The summed E-state index contributed by atoms with van der Waals surface area (Å²) in [5.74, 6) is -0.541. The van der Waals surface area contributed by atoms with Gasteiger partial charge in [-0.05, 0) is 68.4 Å². The minimum Gasteiger partial charge on any atom is -0.391 e. The number of carbonyl (C=O) groups is 2. The van der Waals surface area contributed by atoms with Crippen LogP contribution in [0.15, 0.2) is 36.7 Å². The number of carbonyl (C=O) groups excluding carboxylic acids is 2. The van der Waals surface area contributed by atoms with Gasteiger partial charge in [-0.2, -0.15) is 0 Å². The van der Waals surface area contributed by atoms with Crippen molar-refractivity contribution in [3.8, 4) is 0 Å². The molecule has 0 radical (unpaired) electrons. The molecule has 3 rings (SSSR count). The smallest absolute Gasteiger partial charge is 0.253 e. The van der Waals surface area contributed by atoms with Crippen LogP contribution in [0.25, 0.3) is 0 Å². The molecule has 0 unspecified atom stereocenters. The average Bonchev–Trinajstić information content (AvgIpc) is 2.70. The summed E-state index contributed by atoms with van der Waals surface area (Å²) >= 11 is 0. The summed E-state index contributed by atoms with van der Waals surface area (Å²) in [5, 5.41) is 16.2. The van der Waals surface area contributed by atoms with Gasteiger partial charge >= 0.3 is 0 Å². The Labute approximate surface area is 171 Å². The molecule has 6 nitrogen and oxygen atoms in total. The second kappa shape index (κ2) is 9.18. The summed E-state index contributed by atoms with van der Waals surface area (Å²) in [7, 11) is 0. The molecule has 2 amide bonds. The Hall–Kier alpha value is -2.73. The number of aliphatic hydroxyl groups is 1. The lowest BCUT2D eigenvalue weighted by atomic mass is 9.83. The second-order valence-electron chi connectivity index (χ2n) is 7.99. The molecule has 154 valence electrons. The highest BCUT2D eigenvalue weighted by Crippen LogP contribution is 2.25. The van der Waals surface area contributed by atoms with Crippen molar-refractivity contribution in [2.45, 2.75) is 58.7 Å². The number of nitrogens with one attached hydrogen (secondary N) is 2. The molecule has 2 aromatic rings. The van der Waals surface area contributed by atoms with Gasteiger partial charge in [0.05, 0.1) is 17.7 Å². The molecule has 1 fully saturated rings. The molecule has 3 N–H and O–H groups in total. The van der Waals surface area contributed by atoms with E-state index in [0.29, 0.717) is 31.4 Å². The molecule has 0 bridgehead atoms. The minimum absolute atomic E-state index is 0.0331. The van der Waals surface area contributed by atoms with Gasteiger partial charge in [-0.25, -0.2) is 0 Å². The fraction of sp³-hybridized carbons (Fsp3) is 0.435. The van der Waals surface area contributed by atoms with Gasteiger partial charge < -0.3 is 15.7 Å². The van der Waals surface area contributed by atoms with Crippen LogP contribution in [0, 0.1) is 26.7 Å². The van der Waals surface area contributed by atoms with Crippen LogP contribution in [0.2, 0.25) is 0 Å². The third-order valence-electron chi connectivity index (χ3n) is 5.81. The first-order valence-corrected chi connectivity index (χ1v) is 10.1. The van der Waals surface area contributed by atoms with Crippen LogP contribution in [-0.2, 0) is 11.3 Å². The van der Waals surface area contributed by atoms with E-state index in [1.807, 2.05) is 19.1 Å². The minimum atomic E-state index is -0.653. The third-order valence-corrected chi connectivity index (χ3v) is 5.81. The maximum atomic E-state index is 12.7. The van der Waals surface area contributed by atoms with Gasteiger partial charge in [0, 0.05) is 24.9 Å². The van der Waals surface area contributed by atoms with E-state index in [9.17, 15) is 14.7 Å². The normalized spacial score (nSPS) is 21.4. The predicted octanol–water partition coefficient (Wildman–Crippen LogP) is 2.58. The van der Waals surface area contributed by atoms with E-state index in [2.05, 4.69) is 35.5 Å². The second-order valence-corrected chi connectivity index (χ2v) is 7.99. The summed E-state index contributed by atoms with van der Waals surface area (Å²) in [6, 6.07) is 7.37. The highest BCUT2D eigenvalue weighted by molar-refractivity contribution is 5.94. The first-order valence-electron chi connectivity index (χ1n) is 10.1. The SMILES string of the molecule is Cc1cncc(C(=O)N[C@@H]2C[C@@H](C(=O)NCc3cccc(C)c3C)CC[C@H]2O)c1. The molecule has 0 aliphatic heterocycles.